The maximum atomic E-state index is 11.3. The quantitative estimate of drug-likeness (QED) is 0.631. The third kappa shape index (κ3) is 1.39. The zero-order valence-corrected chi connectivity index (χ0v) is 7.52. The minimum atomic E-state index is -0.973. The standard InChI is InChI=1S/C9H5BN2O3/c10-7(14)5-6(13)4-2-1-3-11-8(4)12-9(5)15/h1-3H,(H2,11,12,13,15). The van der Waals surface area contributed by atoms with Gasteiger partial charge in [-0.15, -0.1) is 0 Å². The maximum Gasteiger partial charge on any atom is 0.263 e. The number of nitrogens with one attached hydrogen (secondary N) is 1. The lowest BCUT2D eigenvalue weighted by Gasteiger charge is -2.03. The first-order chi connectivity index (χ1) is 7.11. The molecule has 6 heteroatoms. The van der Waals surface area contributed by atoms with E-state index in [-0.39, 0.29) is 11.0 Å². The summed E-state index contributed by atoms with van der Waals surface area (Å²) in [6, 6.07) is 3.10. The molecule has 0 atom stereocenters. The molecule has 2 radical (unpaired) electrons. The Balaban J connectivity index is 2.97. The van der Waals surface area contributed by atoms with Gasteiger partial charge < -0.3 is 14.9 Å². The number of nitrogens with zero attached hydrogens (tertiary/aromatic N) is 1. The van der Waals surface area contributed by atoms with E-state index in [1.54, 1.807) is 6.07 Å². The molecule has 2 aromatic heterocycles. The van der Waals surface area contributed by atoms with Crippen molar-refractivity contribution in [3.05, 3.63) is 34.2 Å². The first kappa shape index (κ1) is 9.45. The van der Waals surface area contributed by atoms with Crippen LogP contribution in [0.25, 0.3) is 11.0 Å². The topological polar surface area (TPSA) is 83.0 Å². The van der Waals surface area contributed by atoms with Crippen LogP contribution in [0, 0.1) is 0 Å². The average molecular weight is 200 g/mol. The lowest BCUT2D eigenvalue weighted by molar-refractivity contribution is 0.107. The molecule has 0 aliphatic carbocycles. The lowest BCUT2D eigenvalue weighted by atomic mass is 9.94. The molecule has 0 aliphatic rings. The fraction of sp³-hybridized carbons (Fsp3) is 0. The Morgan fingerprint density at radius 3 is 2.93 bits per heavy atom. The van der Waals surface area contributed by atoms with Crippen molar-refractivity contribution >= 4 is 24.6 Å². The summed E-state index contributed by atoms with van der Waals surface area (Å²) in [6.45, 7) is 0. The maximum absolute atomic E-state index is 11.3. The molecule has 2 aromatic rings. The Morgan fingerprint density at radius 1 is 1.53 bits per heavy atom. The third-order valence-electron chi connectivity index (χ3n) is 2.01. The molecule has 2 N–H and O–H groups in total. The summed E-state index contributed by atoms with van der Waals surface area (Å²) >= 11 is 0. The van der Waals surface area contributed by atoms with Crippen molar-refractivity contribution in [2.45, 2.75) is 0 Å². The second-order valence-corrected chi connectivity index (χ2v) is 2.94. The van der Waals surface area contributed by atoms with Crippen molar-refractivity contribution in [2.24, 2.45) is 0 Å². The third-order valence-corrected chi connectivity index (χ3v) is 2.01. The van der Waals surface area contributed by atoms with Gasteiger partial charge in [0.2, 0.25) is 0 Å². The zero-order valence-electron chi connectivity index (χ0n) is 7.52. The van der Waals surface area contributed by atoms with Crippen LogP contribution in [0.2, 0.25) is 0 Å². The molecule has 0 unspecified atom stereocenters. The van der Waals surface area contributed by atoms with E-state index in [2.05, 4.69) is 9.97 Å². The summed E-state index contributed by atoms with van der Waals surface area (Å²) in [5.41, 5.74) is -1.95. The fourth-order valence-electron chi connectivity index (χ4n) is 1.34. The second-order valence-electron chi connectivity index (χ2n) is 2.94. The van der Waals surface area contributed by atoms with E-state index in [1.807, 2.05) is 0 Å². The van der Waals surface area contributed by atoms with Crippen molar-refractivity contribution in [3.63, 3.8) is 0 Å². The number of H-pyrrole nitrogens is 1. The average Bonchev–Trinajstić information content (AvgIpc) is 2.17. The minimum Gasteiger partial charge on any atom is -0.506 e. The predicted molar refractivity (Wildman–Crippen MR) is 54.1 cm³/mol. The number of fused-ring (bicyclic) bond motifs is 1. The minimum absolute atomic E-state index is 0.213. The fourth-order valence-corrected chi connectivity index (χ4v) is 1.34. The Bertz CT molecular complexity index is 606. The van der Waals surface area contributed by atoms with Crippen LogP contribution in [0.4, 0.5) is 0 Å². The van der Waals surface area contributed by atoms with Crippen LogP contribution in [-0.4, -0.2) is 28.6 Å². The van der Waals surface area contributed by atoms with E-state index >= 15 is 0 Å². The summed E-state index contributed by atoms with van der Waals surface area (Å²) in [5, 5.41) is 9.92. The first-order valence-electron chi connectivity index (χ1n) is 4.11. The number of pyridine rings is 2. The number of carbonyl (C=O) groups is 1. The highest BCUT2D eigenvalue weighted by Crippen LogP contribution is 2.22. The van der Waals surface area contributed by atoms with Crippen LogP contribution in [0.15, 0.2) is 23.1 Å². The van der Waals surface area contributed by atoms with Gasteiger partial charge in [0, 0.05) is 6.20 Å². The molecule has 0 bridgehead atoms. The highest BCUT2D eigenvalue weighted by atomic mass is 16.3. The van der Waals surface area contributed by atoms with Gasteiger partial charge in [0.05, 0.1) is 5.39 Å². The number of rotatable bonds is 1. The van der Waals surface area contributed by atoms with E-state index in [0.29, 0.717) is 0 Å². The summed E-state index contributed by atoms with van der Waals surface area (Å²) < 4.78 is 0. The van der Waals surface area contributed by atoms with E-state index in [1.165, 1.54) is 12.3 Å². The van der Waals surface area contributed by atoms with Crippen molar-refractivity contribution in [2.75, 3.05) is 0 Å². The number of aromatic hydroxyl groups is 1. The van der Waals surface area contributed by atoms with Crippen molar-refractivity contribution in [3.8, 4) is 5.75 Å². The highest BCUT2D eigenvalue weighted by molar-refractivity contribution is 6.62. The van der Waals surface area contributed by atoms with Gasteiger partial charge in [-0.3, -0.25) is 4.79 Å². The molecular weight excluding hydrogens is 195 g/mol. The van der Waals surface area contributed by atoms with Crippen LogP contribution >= 0.6 is 0 Å². The molecule has 0 spiro atoms. The van der Waals surface area contributed by atoms with Gasteiger partial charge in [-0.25, -0.2) is 4.98 Å². The van der Waals surface area contributed by atoms with Crippen molar-refractivity contribution < 1.29 is 9.90 Å². The van der Waals surface area contributed by atoms with Gasteiger partial charge in [0.15, 0.2) is 7.85 Å². The van der Waals surface area contributed by atoms with Gasteiger partial charge in [-0.05, 0) is 12.1 Å². The van der Waals surface area contributed by atoms with Gasteiger partial charge in [0.25, 0.3) is 5.56 Å². The molecule has 2 rings (SSSR count). The number of aromatic nitrogens is 2. The van der Waals surface area contributed by atoms with Crippen LogP contribution in [0.1, 0.15) is 10.4 Å². The van der Waals surface area contributed by atoms with E-state index in [0.717, 1.165) is 0 Å². The number of carbonyl (C=O) groups excluding carboxylic acids is 1. The molecule has 0 aliphatic heterocycles. The van der Waals surface area contributed by atoms with Crippen LogP contribution in [0.5, 0.6) is 5.75 Å². The summed E-state index contributed by atoms with van der Waals surface area (Å²) in [4.78, 5) is 28.4. The smallest absolute Gasteiger partial charge is 0.263 e. The van der Waals surface area contributed by atoms with Crippen LogP contribution < -0.4 is 5.56 Å². The first-order valence-corrected chi connectivity index (χ1v) is 4.11. The van der Waals surface area contributed by atoms with Gasteiger partial charge in [-0.1, -0.05) is 0 Å². The molecule has 0 aromatic carbocycles. The summed E-state index contributed by atoms with van der Waals surface area (Å²) in [6.07, 6.45) is 1.46. The largest absolute Gasteiger partial charge is 0.506 e. The Labute approximate surface area is 85.2 Å². The van der Waals surface area contributed by atoms with E-state index < -0.39 is 22.6 Å². The lowest BCUT2D eigenvalue weighted by Crippen LogP contribution is -2.18. The predicted octanol–water partition coefficient (Wildman–Crippen LogP) is -0.0626. The monoisotopic (exact) mass is 200 g/mol. The second kappa shape index (κ2) is 3.23. The molecule has 2 heterocycles. The SMILES string of the molecule is [B]C(=O)c1c(O)c2cccnc2[nH]c1=O. The van der Waals surface area contributed by atoms with Crippen LogP contribution in [-0.2, 0) is 0 Å². The normalized spacial score (nSPS) is 10.4. The van der Waals surface area contributed by atoms with Crippen molar-refractivity contribution in [1.29, 1.82) is 0 Å². The zero-order chi connectivity index (χ0) is 11.0. The molecular formula is C9H5BN2O3. The number of aromatic amines is 1. The molecule has 0 saturated heterocycles. The van der Waals surface area contributed by atoms with Crippen LogP contribution in [0.3, 0.4) is 0 Å². The number of hydrogen-bond donors (Lipinski definition) is 2. The number of hydrogen-bond acceptors (Lipinski definition) is 4. The van der Waals surface area contributed by atoms with Gasteiger partial charge in [-0.2, -0.15) is 0 Å². The molecule has 0 saturated carbocycles. The van der Waals surface area contributed by atoms with E-state index in [9.17, 15) is 14.7 Å². The Kier molecular flexibility index (Phi) is 2.04. The molecule has 5 nitrogen and oxygen atoms in total. The molecule has 0 fully saturated rings. The molecule has 15 heavy (non-hydrogen) atoms. The van der Waals surface area contributed by atoms with E-state index in [4.69, 9.17) is 7.85 Å². The Hall–Kier alpha value is -2.11. The summed E-state index contributed by atoms with van der Waals surface area (Å²) in [5.74, 6) is -0.436. The molecule has 72 valence electrons. The van der Waals surface area contributed by atoms with Gasteiger partial charge >= 0.3 is 0 Å². The van der Waals surface area contributed by atoms with Crippen molar-refractivity contribution in [1.82, 2.24) is 9.97 Å². The van der Waals surface area contributed by atoms with Gasteiger partial charge in [0.1, 0.15) is 22.6 Å². The highest BCUT2D eigenvalue weighted by Gasteiger charge is 2.14. The Morgan fingerprint density at radius 2 is 2.27 bits per heavy atom. The molecule has 0 amide bonds. The summed E-state index contributed by atoms with van der Waals surface area (Å²) in [7, 11) is 4.97.